The Labute approximate surface area is 196 Å². The second kappa shape index (κ2) is 10.2. The van der Waals surface area contributed by atoms with Crippen LogP contribution in [0.5, 0.6) is 0 Å². The van der Waals surface area contributed by atoms with Gasteiger partial charge in [0.15, 0.2) is 0 Å². The molecule has 33 heavy (non-hydrogen) atoms. The zero-order valence-corrected chi connectivity index (χ0v) is 19.6. The van der Waals surface area contributed by atoms with Crippen molar-refractivity contribution in [3.8, 4) is 11.8 Å². The van der Waals surface area contributed by atoms with E-state index in [0.29, 0.717) is 0 Å². The van der Waals surface area contributed by atoms with Crippen molar-refractivity contribution in [3.05, 3.63) is 106 Å². The van der Waals surface area contributed by atoms with Gasteiger partial charge < -0.3 is 10.6 Å². The van der Waals surface area contributed by atoms with Crippen LogP contribution in [0.15, 0.2) is 72.8 Å². The molecule has 0 aliphatic rings. The van der Waals surface area contributed by atoms with Crippen LogP contribution in [0.1, 0.15) is 61.1 Å². The van der Waals surface area contributed by atoms with Gasteiger partial charge in [-0.05, 0) is 74.6 Å². The minimum absolute atomic E-state index is 0.405. The van der Waals surface area contributed by atoms with Gasteiger partial charge in [0.05, 0.1) is 11.1 Å². The Balaban J connectivity index is 1.78. The normalized spacial score (nSPS) is 11.2. The highest BCUT2D eigenvalue weighted by Gasteiger charge is 2.19. The average molecular weight is 439 g/mol. The third-order valence-electron chi connectivity index (χ3n) is 5.88. The molecular formula is C29H30N2O2. The Morgan fingerprint density at radius 3 is 1.76 bits per heavy atom. The highest BCUT2D eigenvalue weighted by atomic mass is 16.1. The minimum atomic E-state index is -0.422. The molecule has 0 heterocycles. The molecule has 2 amide bonds. The van der Waals surface area contributed by atoms with Crippen LogP contribution in [0, 0.1) is 11.8 Å². The van der Waals surface area contributed by atoms with Gasteiger partial charge in [-0.15, -0.1) is 0 Å². The molecule has 168 valence electrons. The quantitative estimate of drug-likeness (QED) is 0.398. The number of hydrogen-bond donors (Lipinski definition) is 2. The lowest BCUT2D eigenvalue weighted by Gasteiger charge is -2.24. The first kappa shape index (κ1) is 23.8. The smallest absolute Gasteiger partial charge is 0.207 e. The van der Waals surface area contributed by atoms with E-state index in [2.05, 4.69) is 52.8 Å². The molecule has 0 fully saturated rings. The number of amides is 2. The zero-order valence-electron chi connectivity index (χ0n) is 19.6. The molecule has 0 aromatic heterocycles. The molecule has 2 N–H and O–H groups in total. The monoisotopic (exact) mass is 438 g/mol. The van der Waals surface area contributed by atoms with Crippen molar-refractivity contribution in [1.29, 1.82) is 0 Å². The molecule has 0 spiro atoms. The summed E-state index contributed by atoms with van der Waals surface area (Å²) in [5.74, 6) is 6.57. The van der Waals surface area contributed by atoms with E-state index in [1.54, 1.807) is 0 Å². The fraction of sp³-hybridized carbons (Fsp3) is 0.241. The van der Waals surface area contributed by atoms with Gasteiger partial charge >= 0.3 is 0 Å². The van der Waals surface area contributed by atoms with Gasteiger partial charge in [-0.1, -0.05) is 66.4 Å². The lowest BCUT2D eigenvalue weighted by molar-refractivity contribution is -0.111. The molecular weight excluding hydrogens is 408 g/mol. The van der Waals surface area contributed by atoms with Crippen LogP contribution in [-0.4, -0.2) is 12.8 Å². The highest BCUT2D eigenvalue weighted by molar-refractivity contribution is 5.51. The van der Waals surface area contributed by atoms with E-state index >= 15 is 0 Å². The van der Waals surface area contributed by atoms with E-state index in [1.165, 1.54) is 5.56 Å². The fourth-order valence-corrected chi connectivity index (χ4v) is 3.63. The number of rotatable bonds is 8. The summed E-state index contributed by atoms with van der Waals surface area (Å²) in [4.78, 5) is 21.7. The first-order valence-corrected chi connectivity index (χ1v) is 11.0. The zero-order chi connectivity index (χ0) is 23.9. The van der Waals surface area contributed by atoms with E-state index < -0.39 is 11.1 Å². The number of hydrogen-bond acceptors (Lipinski definition) is 2. The van der Waals surface area contributed by atoms with Crippen LogP contribution < -0.4 is 10.6 Å². The summed E-state index contributed by atoms with van der Waals surface area (Å²) in [5, 5.41) is 5.68. The minimum Gasteiger partial charge on any atom is -0.350 e. The molecule has 0 aliphatic carbocycles. The highest BCUT2D eigenvalue weighted by Crippen LogP contribution is 2.22. The SMILES string of the molecule is CC(C)(NC=O)c1ccc(C#Cc2ccccc2Cc2ccc(C(C)(C)NC=O)cc2)cc1. The van der Waals surface area contributed by atoms with Crippen molar-refractivity contribution in [2.75, 3.05) is 0 Å². The molecule has 3 aromatic rings. The van der Waals surface area contributed by atoms with Crippen LogP contribution in [-0.2, 0) is 27.1 Å². The van der Waals surface area contributed by atoms with Gasteiger partial charge in [0.2, 0.25) is 12.8 Å². The van der Waals surface area contributed by atoms with Gasteiger partial charge in [-0.2, -0.15) is 0 Å². The number of nitrogens with one attached hydrogen (secondary N) is 2. The van der Waals surface area contributed by atoms with Crippen LogP contribution in [0.3, 0.4) is 0 Å². The van der Waals surface area contributed by atoms with Crippen molar-refractivity contribution < 1.29 is 9.59 Å². The maximum atomic E-state index is 10.9. The van der Waals surface area contributed by atoms with Gasteiger partial charge in [0.1, 0.15) is 0 Å². The van der Waals surface area contributed by atoms with Crippen LogP contribution >= 0.6 is 0 Å². The standard InChI is InChI=1S/C29H30N2O2/c1-28(2,30-20-32)26-15-10-22(11-16-26)9-14-24-7-5-6-8-25(24)19-23-12-17-27(18-13-23)29(3,4)31-21-33/h5-8,10-13,15-18,20-21H,19H2,1-4H3,(H,30,32)(H,31,33). The maximum absolute atomic E-state index is 10.9. The second-order valence-corrected chi connectivity index (χ2v) is 9.13. The summed E-state index contributed by atoms with van der Waals surface area (Å²) in [6.07, 6.45) is 2.23. The van der Waals surface area contributed by atoms with E-state index in [4.69, 9.17) is 0 Å². The van der Waals surface area contributed by atoms with E-state index in [1.807, 2.05) is 70.2 Å². The largest absolute Gasteiger partial charge is 0.350 e. The molecule has 0 radical (unpaired) electrons. The summed E-state index contributed by atoms with van der Waals surface area (Å²) in [6, 6.07) is 24.4. The Morgan fingerprint density at radius 2 is 1.21 bits per heavy atom. The first-order chi connectivity index (χ1) is 15.7. The van der Waals surface area contributed by atoms with Crippen molar-refractivity contribution >= 4 is 12.8 Å². The van der Waals surface area contributed by atoms with Crippen LogP contribution in [0.4, 0.5) is 0 Å². The van der Waals surface area contributed by atoms with Crippen molar-refractivity contribution in [1.82, 2.24) is 10.6 Å². The predicted molar refractivity (Wildman–Crippen MR) is 133 cm³/mol. The third kappa shape index (κ3) is 6.11. The molecule has 0 aliphatic heterocycles. The van der Waals surface area contributed by atoms with Gasteiger partial charge in [-0.25, -0.2) is 0 Å². The van der Waals surface area contributed by atoms with Crippen molar-refractivity contribution in [2.24, 2.45) is 0 Å². The van der Waals surface area contributed by atoms with Gasteiger partial charge in [0, 0.05) is 11.1 Å². The summed E-state index contributed by atoms with van der Waals surface area (Å²) in [7, 11) is 0. The Hall–Kier alpha value is -3.84. The van der Waals surface area contributed by atoms with Crippen LogP contribution in [0.2, 0.25) is 0 Å². The predicted octanol–water partition coefficient (Wildman–Crippen LogP) is 4.64. The molecule has 3 aromatic carbocycles. The summed E-state index contributed by atoms with van der Waals surface area (Å²) >= 11 is 0. The van der Waals surface area contributed by atoms with Crippen molar-refractivity contribution in [2.45, 2.75) is 45.2 Å². The van der Waals surface area contributed by atoms with Crippen molar-refractivity contribution in [3.63, 3.8) is 0 Å². The summed E-state index contributed by atoms with van der Waals surface area (Å²) in [5.41, 5.74) is 5.52. The molecule has 0 unspecified atom stereocenters. The molecule has 0 bridgehead atoms. The fourth-order valence-electron chi connectivity index (χ4n) is 3.63. The molecule has 4 nitrogen and oxygen atoms in total. The third-order valence-corrected chi connectivity index (χ3v) is 5.88. The molecule has 3 rings (SSSR count). The molecule has 0 saturated heterocycles. The Kier molecular flexibility index (Phi) is 7.35. The lowest BCUT2D eigenvalue weighted by Crippen LogP contribution is -2.35. The number of carbonyl (C=O) groups is 2. The summed E-state index contributed by atoms with van der Waals surface area (Å²) < 4.78 is 0. The Bertz CT molecular complexity index is 1160. The Morgan fingerprint density at radius 1 is 0.697 bits per heavy atom. The molecule has 4 heteroatoms. The molecule has 0 atom stereocenters. The first-order valence-electron chi connectivity index (χ1n) is 11.0. The second-order valence-electron chi connectivity index (χ2n) is 9.13. The maximum Gasteiger partial charge on any atom is 0.207 e. The lowest BCUT2D eigenvalue weighted by atomic mass is 9.92. The van der Waals surface area contributed by atoms with Crippen LogP contribution in [0.25, 0.3) is 0 Å². The van der Waals surface area contributed by atoms with Gasteiger partial charge in [0.25, 0.3) is 0 Å². The van der Waals surface area contributed by atoms with E-state index in [9.17, 15) is 9.59 Å². The number of benzene rings is 3. The summed E-state index contributed by atoms with van der Waals surface area (Å²) in [6.45, 7) is 7.89. The average Bonchev–Trinajstić information content (AvgIpc) is 2.79. The molecule has 0 saturated carbocycles. The van der Waals surface area contributed by atoms with E-state index in [-0.39, 0.29) is 0 Å². The topological polar surface area (TPSA) is 58.2 Å². The van der Waals surface area contributed by atoms with E-state index in [0.717, 1.165) is 47.1 Å². The number of carbonyl (C=O) groups excluding carboxylic acids is 2. The van der Waals surface area contributed by atoms with Gasteiger partial charge in [-0.3, -0.25) is 9.59 Å².